The van der Waals surface area contributed by atoms with Gasteiger partial charge in [-0.1, -0.05) is 11.6 Å². The van der Waals surface area contributed by atoms with Gasteiger partial charge in [0.1, 0.15) is 11.6 Å². The van der Waals surface area contributed by atoms with E-state index in [9.17, 15) is 0 Å². The molecule has 0 unspecified atom stereocenters. The number of rotatable bonds is 2. The fraction of sp³-hybridized carbons (Fsp3) is 0. The molecule has 4 nitrogen and oxygen atoms in total. The van der Waals surface area contributed by atoms with Gasteiger partial charge in [-0.05, 0) is 48.2 Å². The van der Waals surface area contributed by atoms with Crippen molar-refractivity contribution in [3.8, 4) is 6.07 Å². The quantitative estimate of drug-likeness (QED) is 0.722. The van der Waals surface area contributed by atoms with E-state index in [-0.39, 0.29) is 0 Å². The third-order valence-electron chi connectivity index (χ3n) is 2.65. The lowest BCUT2D eigenvalue weighted by atomic mass is 10.2. The molecule has 0 amide bonds. The van der Waals surface area contributed by atoms with Crippen LogP contribution in [0.25, 0.3) is 11.1 Å². The summed E-state index contributed by atoms with van der Waals surface area (Å²) in [4.78, 5) is 5.09. The van der Waals surface area contributed by atoms with Gasteiger partial charge in [-0.15, -0.1) is 0 Å². The van der Waals surface area contributed by atoms with Crippen LogP contribution in [0.2, 0.25) is 5.02 Å². The van der Waals surface area contributed by atoms with Gasteiger partial charge < -0.3 is 10.2 Å². The van der Waals surface area contributed by atoms with Crippen LogP contribution in [0.15, 0.2) is 50.9 Å². The Bertz CT molecular complexity index is 838. The summed E-state index contributed by atoms with van der Waals surface area (Å²) in [7, 11) is 0. The molecule has 0 aliphatic carbocycles. The number of hydrogen-bond acceptors (Lipinski definition) is 5. The number of hydrogen-bond donors (Lipinski definition) is 1. The number of oxazole rings is 1. The molecule has 0 bridgehead atoms. The largest absolute Gasteiger partial charge is 0.431 e. The fourth-order valence-electron chi connectivity index (χ4n) is 1.74. The van der Waals surface area contributed by atoms with Gasteiger partial charge in [0.2, 0.25) is 0 Å². The molecule has 1 aromatic heterocycles. The van der Waals surface area contributed by atoms with Crippen LogP contribution in [-0.4, -0.2) is 4.98 Å². The van der Waals surface area contributed by atoms with Crippen molar-refractivity contribution in [2.24, 2.45) is 0 Å². The van der Waals surface area contributed by atoms with Crippen LogP contribution in [-0.2, 0) is 0 Å². The van der Waals surface area contributed by atoms with E-state index < -0.39 is 0 Å². The summed E-state index contributed by atoms with van der Waals surface area (Å²) in [6, 6.07) is 12.5. The Labute approximate surface area is 124 Å². The summed E-state index contributed by atoms with van der Waals surface area (Å²) in [6.07, 6.45) is 0. The lowest BCUT2D eigenvalue weighted by molar-refractivity contribution is 0.489. The second-order valence-electron chi connectivity index (χ2n) is 4.06. The van der Waals surface area contributed by atoms with Crippen molar-refractivity contribution in [2.75, 3.05) is 5.73 Å². The number of benzene rings is 2. The summed E-state index contributed by atoms with van der Waals surface area (Å²) in [5, 5.41) is 10.1. The van der Waals surface area contributed by atoms with Crippen LogP contribution in [0, 0.1) is 11.3 Å². The number of nitriles is 1. The molecule has 0 radical (unpaired) electrons. The molecule has 2 N–H and O–H groups in total. The highest BCUT2D eigenvalue weighted by molar-refractivity contribution is 7.99. The van der Waals surface area contributed by atoms with Gasteiger partial charge in [0.25, 0.3) is 5.22 Å². The highest BCUT2D eigenvalue weighted by Gasteiger charge is 2.11. The van der Waals surface area contributed by atoms with Gasteiger partial charge in [-0.3, -0.25) is 0 Å². The topological polar surface area (TPSA) is 75.8 Å². The van der Waals surface area contributed by atoms with Crippen LogP contribution in [0.3, 0.4) is 0 Å². The first kappa shape index (κ1) is 12.9. The first-order valence-corrected chi connectivity index (χ1v) is 6.89. The average molecular weight is 302 g/mol. The lowest BCUT2D eigenvalue weighted by Gasteiger charge is -2.00. The lowest BCUT2D eigenvalue weighted by Crippen LogP contribution is -1.82. The van der Waals surface area contributed by atoms with Crippen molar-refractivity contribution in [3.05, 3.63) is 47.0 Å². The molecule has 0 saturated carbocycles. The summed E-state index contributed by atoms with van der Waals surface area (Å²) in [5.41, 5.74) is 8.18. The van der Waals surface area contributed by atoms with E-state index in [4.69, 9.17) is 27.0 Å². The van der Waals surface area contributed by atoms with Crippen molar-refractivity contribution in [2.45, 2.75) is 10.1 Å². The van der Waals surface area contributed by atoms with E-state index in [2.05, 4.69) is 11.1 Å². The normalized spacial score (nSPS) is 10.6. The molecule has 0 fully saturated rings. The molecule has 98 valence electrons. The summed E-state index contributed by atoms with van der Waals surface area (Å²) >= 11 is 7.15. The number of nitrogens with zero attached hydrogens (tertiary/aromatic N) is 2. The highest BCUT2D eigenvalue weighted by Crippen LogP contribution is 2.33. The SMILES string of the molecule is N#Cc1cc(Cl)ccc1Sc1nc2cc(N)ccc2o1. The monoisotopic (exact) mass is 301 g/mol. The minimum atomic E-state index is 0.462. The van der Waals surface area contributed by atoms with Crippen LogP contribution in [0.1, 0.15) is 5.56 Å². The van der Waals surface area contributed by atoms with Crippen molar-refractivity contribution < 1.29 is 4.42 Å². The van der Waals surface area contributed by atoms with Crippen molar-refractivity contribution in [3.63, 3.8) is 0 Å². The van der Waals surface area contributed by atoms with Gasteiger partial charge in [-0.2, -0.15) is 5.26 Å². The standard InChI is InChI=1S/C14H8ClN3OS/c15-9-1-4-13(8(5-9)7-16)20-14-18-11-6-10(17)2-3-12(11)19-14/h1-6H,17H2. The van der Waals surface area contributed by atoms with Crippen LogP contribution in [0.4, 0.5) is 5.69 Å². The summed E-state index contributed by atoms with van der Waals surface area (Å²) in [6.45, 7) is 0. The molecule has 3 rings (SSSR count). The van der Waals surface area contributed by atoms with Gasteiger partial charge >= 0.3 is 0 Å². The molecule has 6 heteroatoms. The Kier molecular flexibility index (Phi) is 3.26. The number of nitrogen functional groups attached to an aromatic ring is 1. The number of anilines is 1. The molecule has 0 aliphatic rings. The molecule has 20 heavy (non-hydrogen) atoms. The number of halogens is 1. The molecule has 0 saturated heterocycles. The molecule has 3 aromatic rings. The predicted molar refractivity (Wildman–Crippen MR) is 78.7 cm³/mol. The van der Waals surface area contributed by atoms with Crippen molar-refractivity contribution in [1.82, 2.24) is 4.98 Å². The second kappa shape index (κ2) is 5.08. The highest BCUT2D eigenvalue weighted by atomic mass is 35.5. The van der Waals surface area contributed by atoms with E-state index in [1.165, 1.54) is 11.8 Å². The van der Waals surface area contributed by atoms with Gasteiger partial charge in [0.05, 0.1) is 5.56 Å². The number of aromatic nitrogens is 1. The minimum Gasteiger partial charge on any atom is -0.431 e. The third kappa shape index (κ3) is 2.44. The first-order valence-electron chi connectivity index (χ1n) is 5.69. The Morgan fingerprint density at radius 1 is 1.25 bits per heavy atom. The maximum absolute atomic E-state index is 9.11. The van der Waals surface area contributed by atoms with E-state index >= 15 is 0 Å². The number of nitrogens with two attached hydrogens (primary N) is 1. The van der Waals surface area contributed by atoms with Gasteiger partial charge in [0, 0.05) is 15.6 Å². The first-order chi connectivity index (χ1) is 9.65. The Morgan fingerprint density at radius 3 is 2.90 bits per heavy atom. The van der Waals surface area contributed by atoms with E-state index in [0.29, 0.717) is 32.6 Å². The third-order valence-corrected chi connectivity index (χ3v) is 3.81. The zero-order valence-corrected chi connectivity index (χ0v) is 11.7. The maximum Gasteiger partial charge on any atom is 0.261 e. The number of fused-ring (bicyclic) bond motifs is 1. The second-order valence-corrected chi connectivity index (χ2v) is 5.49. The molecule has 1 heterocycles. The summed E-state index contributed by atoms with van der Waals surface area (Å²) < 4.78 is 5.61. The van der Waals surface area contributed by atoms with Crippen molar-refractivity contribution >= 4 is 40.1 Å². The average Bonchev–Trinajstić information content (AvgIpc) is 2.82. The zero-order valence-electron chi connectivity index (χ0n) is 10.1. The van der Waals surface area contributed by atoms with E-state index in [1.54, 1.807) is 36.4 Å². The predicted octanol–water partition coefficient (Wildman–Crippen LogP) is 4.09. The fourth-order valence-corrected chi connectivity index (χ4v) is 2.73. The smallest absolute Gasteiger partial charge is 0.261 e. The zero-order chi connectivity index (χ0) is 14.1. The molecular formula is C14H8ClN3OS. The molecule has 0 aliphatic heterocycles. The maximum atomic E-state index is 9.11. The van der Waals surface area contributed by atoms with Crippen LogP contribution >= 0.6 is 23.4 Å². The van der Waals surface area contributed by atoms with Gasteiger partial charge in [-0.25, -0.2) is 4.98 Å². The van der Waals surface area contributed by atoms with Gasteiger partial charge in [0.15, 0.2) is 5.58 Å². The van der Waals surface area contributed by atoms with E-state index in [1.807, 2.05) is 0 Å². The molecule has 2 aromatic carbocycles. The molecule has 0 atom stereocenters. The van der Waals surface area contributed by atoms with Crippen LogP contribution in [0.5, 0.6) is 0 Å². The summed E-state index contributed by atoms with van der Waals surface area (Å²) in [5.74, 6) is 0. The Hall–Kier alpha value is -2.16. The minimum absolute atomic E-state index is 0.462. The van der Waals surface area contributed by atoms with E-state index in [0.717, 1.165) is 4.90 Å². The van der Waals surface area contributed by atoms with Crippen LogP contribution < -0.4 is 5.73 Å². The Morgan fingerprint density at radius 2 is 2.10 bits per heavy atom. The Balaban J connectivity index is 1.99. The van der Waals surface area contributed by atoms with Crippen molar-refractivity contribution in [1.29, 1.82) is 5.26 Å². The molecular weight excluding hydrogens is 294 g/mol. The molecule has 0 spiro atoms.